The standard InChI is InChI=1S/C14H21FN2O/c1-17-7-3-2-4-13(17)10-16-9-11-8-12(15)5-6-14(11)18/h5-6,8,13,16,18H,2-4,7,9-10H2,1H3. The van der Waals surface area contributed by atoms with E-state index in [4.69, 9.17) is 0 Å². The number of aromatic hydroxyl groups is 1. The van der Waals surface area contributed by atoms with E-state index in [1.807, 2.05) is 0 Å². The molecule has 1 saturated heterocycles. The fraction of sp³-hybridized carbons (Fsp3) is 0.571. The molecule has 1 heterocycles. The van der Waals surface area contributed by atoms with Crippen molar-refractivity contribution in [3.05, 3.63) is 29.6 Å². The Bertz CT molecular complexity index is 397. The number of likely N-dealkylation sites (N-methyl/N-ethyl adjacent to an activating group) is 1. The van der Waals surface area contributed by atoms with Crippen LogP contribution in [-0.2, 0) is 6.54 Å². The van der Waals surface area contributed by atoms with Gasteiger partial charge >= 0.3 is 0 Å². The van der Waals surface area contributed by atoms with E-state index in [0.29, 0.717) is 18.2 Å². The first-order valence-corrected chi connectivity index (χ1v) is 6.55. The zero-order valence-electron chi connectivity index (χ0n) is 10.8. The summed E-state index contributed by atoms with van der Waals surface area (Å²) in [5, 5.41) is 12.9. The second kappa shape index (κ2) is 6.16. The lowest BCUT2D eigenvalue weighted by atomic mass is 10.0. The van der Waals surface area contributed by atoms with Crippen molar-refractivity contribution in [1.29, 1.82) is 0 Å². The van der Waals surface area contributed by atoms with Crippen LogP contribution in [0.2, 0.25) is 0 Å². The highest BCUT2D eigenvalue weighted by molar-refractivity contribution is 5.32. The van der Waals surface area contributed by atoms with Gasteiger partial charge in [0.15, 0.2) is 0 Å². The number of halogens is 1. The van der Waals surface area contributed by atoms with E-state index < -0.39 is 0 Å². The monoisotopic (exact) mass is 252 g/mol. The third-order valence-electron chi connectivity index (χ3n) is 3.66. The first-order chi connectivity index (χ1) is 8.66. The Balaban J connectivity index is 1.82. The fourth-order valence-electron chi connectivity index (χ4n) is 2.47. The molecule has 1 aliphatic heterocycles. The summed E-state index contributed by atoms with van der Waals surface area (Å²) < 4.78 is 13.0. The Kier molecular flexibility index (Phi) is 4.55. The molecular weight excluding hydrogens is 231 g/mol. The van der Waals surface area contributed by atoms with Crippen LogP contribution in [0.1, 0.15) is 24.8 Å². The van der Waals surface area contributed by atoms with Crippen LogP contribution in [0, 0.1) is 5.82 Å². The van der Waals surface area contributed by atoms with Crippen molar-refractivity contribution in [1.82, 2.24) is 10.2 Å². The van der Waals surface area contributed by atoms with Crippen molar-refractivity contribution in [3.63, 3.8) is 0 Å². The molecular formula is C14H21FN2O. The third kappa shape index (κ3) is 3.43. The third-order valence-corrected chi connectivity index (χ3v) is 3.66. The number of hydrogen-bond donors (Lipinski definition) is 2. The minimum Gasteiger partial charge on any atom is -0.508 e. The highest BCUT2D eigenvalue weighted by atomic mass is 19.1. The minimum absolute atomic E-state index is 0.154. The Morgan fingerprint density at radius 2 is 2.28 bits per heavy atom. The number of phenols is 1. The molecule has 0 amide bonds. The Morgan fingerprint density at radius 3 is 3.06 bits per heavy atom. The molecule has 1 aromatic rings. The predicted octanol–water partition coefficient (Wildman–Crippen LogP) is 2.11. The lowest BCUT2D eigenvalue weighted by molar-refractivity contribution is 0.181. The van der Waals surface area contributed by atoms with Crippen molar-refractivity contribution in [2.75, 3.05) is 20.1 Å². The molecule has 1 atom stereocenters. The zero-order chi connectivity index (χ0) is 13.0. The van der Waals surface area contributed by atoms with Crippen molar-refractivity contribution < 1.29 is 9.50 Å². The van der Waals surface area contributed by atoms with Gasteiger partial charge in [-0.2, -0.15) is 0 Å². The van der Waals surface area contributed by atoms with Gasteiger partial charge < -0.3 is 15.3 Å². The highest BCUT2D eigenvalue weighted by Crippen LogP contribution is 2.18. The summed E-state index contributed by atoms with van der Waals surface area (Å²) in [6.45, 7) is 2.54. The molecule has 0 radical (unpaired) electrons. The SMILES string of the molecule is CN1CCCCC1CNCc1cc(F)ccc1O. The Morgan fingerprint density at radius 1 is 1.44 bits per heavy atom. The largest absolute Gasteiger partial charge is 0.508 e. The average Bonchev–Trinajstić information content (AvgIpc) is 2.36. The quantitative estimate of drug-likeness (QED) is 0.861. The number of nitrogens with zero attached hydrogens (tertiary/aromatic N) is 1. The van der Waals surface area contributed by atoms with Crippen LogP contribution >= 0.6 is 0 Å². The molecule has 0 aromatic heterocycles. The van der Waals surface area contributed by atoms with Crippen molar-refractivity contribution >= 4 is 0 Å². The average molecular weight is 252 g/mol. The molecule has 0 bridgehead atoms. The number of rotatable bonds is 4. The van der Waals surface area contributed by atoms with Crippen LogP contribution in [0.15, 0.2) is 18.2 Å². The number of phenolic OH excluding ortho intramolecular Hbond substituents is 1. The topological polar surface area (TPSA) is 35.5 Å². The summed E-state index contributed by atoms with van der Waals surface area (Å²) in [7, 11) is 2.14. The van der Waals surface area contributed by atoms with Crippen LogP contribution in [0.4, 0.5) is 4.39 Å². The van der Waals surface area contributed by atoms with Gasteiger partial charge in [-0.1, -0.05) is 6.42 Å². The predicted molar refractivity (Wildman–Crippen MR) is 70.0 cm³/mol. The van der Waals surface area contributed by atoms with E-state index in [1.54, 1.807) is 0 Å². The van der Waals surface area contributed by atoms with E-state index >= 15 is 0 Å². The van der Waals surface area contributed by atoms with Crippen LogP contribution in [0.5, 0.6) is 5.75 Å². The number of piperidine rings is 1. The zero-order valence-corrected chi connectivity index (χ0v) is 10.8. The molecule has 18 heavy (non-hydrogen) atoms. The van der Waals surface area contributed by atoms with Crippen LogP contribution in [0.25, 0.3) is 0 Å². The Labute approximate surface area is 108 Å². The molecule has 100 valence electrons. The molecule has 0 saturated carbocycles. The number of hydrogen-bond acceptors (Lipinski definition) is 3. The van der Waals surface area contributed by atoms with Crippen LogP contribution < -0.4 is 5.32 Å². The molecule has 2 rings (SSSR count). The van der Waals surface area contributed by atoms with Gasteiger partial charge in [-0.25, -0.2) is 4.39 Å². The van der Waals surface area contributed by atoms with E-state index in [-0.39, 0.29) is 11.6 Å². The van der Waals surface area contributed by atoms with Gasteiger partial charge in [0.2, 0.25) is 0 Å². The highest BCUT2D eigenvalue weighted by Gasteiger charge is 2.18. The van der Waals surface area contributed by atoms with Crippen LogP contribution in [-0.4, -0.2) is 36.2 Å². The normalized spacial score (nSPS) is 21.1. The second-order valence-electron chi connectivity index (χ2n) is 5.03. The number of likely N-dealkylation sites (tertiary alicyclic amines) is 1. The maximum absolute atomic E-state index is 13.0. The lowest BCUT2D eigenvalue weighted by Gasteiger charge is -2.32. The summed E-state index contributed by atoms with van der Waals surface area (Å²) in [4.78, 5) is 2.36. The smallest absolute Gasteiger partial charge is 0.123 e. The molecule has 2 N–H and O–H groups in total. The molecule has 3 nitrogen and oxygen atoms in total. The number of nitrogens with one attached hydrogen (secondary N) is 1. The Hall–Kier alpha value is -1.13. The van der Waals surface area contributed by atoms with Crippen LogP contribution in [0.3, 0.4) is 0 Å². The summed E-state index contributed by atoms with van der Waals surface area (Å²) in [5.74, 6) is -0.153. The number of benzene rings is 1. The summed E-state index contributed by atoms with van der Waals surface area (Å²) in [5.41, 5.74) is 0.619. The molecule has 0 spiro atoms. The molecule has 1 fully saturated rings. The maximum Gasteiger partial charge on any atom is 0.123 e. The summed E-state index contributed by atoms with van der Waals surface area (Å²) in [6, 6.07) is 4.61. The van der Waals surface area contributed by atoms with Crippen molar-refractivity contribution in [3.8, 4) is 5.75 Å². The van der Waals surface area contributed by atoms with Gasteiger partial charge in [0.1, 0.15) is 11.6 Å². The van der Waals surface area contributed by atoms with Gasteiger partial charge in [-0.05, 0) is 44.6 Å². The van der Waals surface area contributed by atoms with Gasteiger partial charge in [0.05, 0.1) is 0 Å². The fourth-order valence-corrected chi connectivity index (χ4v) is 2.47. The molecule has 1 aromatic carbocycles. The first-order valence-electron chi connectivity index (χ1n) is 6.55. The van der Waals surface area contributed by atoms with Gasteiger partial charge in [-0.15, -0.1) is 0 Å². The minimum atomic E-state index is -0.306. The second-order valence-corrected chi connectivity index (χ2v) is 5.03. The van der Waals surface area contributed by atoms with E-state index in [0.717, 1.165) is 13.1 Å². The molecule has 4 heteroatoms. The van der Waals surface area contributed by atoms with E-state index in [1.165, 1.54) is 37.5 Å². The summed E-state index contributed by atoms with van der Waals surface area (Å²) in [6.07, 6.45) is 3.76. The molecule has 1 unspecified atom stereocenters. The lowest BCUT2D eigenvalue weighted by Crippen LogP contribution is -2.42. The van der Waals surface area contributed by atoms with Gasteiger partial charge in [-0.3, -0.25) is 0 Å². The van der Waals surface area contributed by atoms with E-state index in [2.05, 4.69) is 17.3 Å². The van der Waals surface area contributed by atoms with Crippen molar-refractivity contribution in [2.24, 2.45) is 0 Å². The van der Waals surface area contributed by atoms with Gasteiger partial charge in [0.25, 0.3) is 0 Å². The van der Waals surface area contributed by atoms with Crippen molar-refractivity contribution in [2.45, 2.75) is 31.8 Å². The first kappa shape index (κ1) is 13.3. The summed E-state index contributed by atoms with van der Waals surface area (Å²) >= 11 is 0. The van der Waals surface area contributed by atoms with E-state index in [9.17, 15) is 9.50 Å². The maximum atomic E-state index is 13.0. The molecule has 1 aliphatic rings. The van der Waals surface area contributed by atoms with Gasteiger partial charge in [0, 0.05) is 24.7 Å². The molecule has 0 aliphatic carbocycles.